The van der Waals surface area contributed by atoms with E-state index < -0.39 is 11.7 Å². The van der Waals surface area contributed by atoms with Crippen molar-refractivity contribution in [1.29, 1.82) is 0 Å². The van der Waals surface area contributed by atoms with Gasteiger partial charge in [-0.15, -0.1) is 0 Å². The van der Waals surface area contributed by atoms with Gasteiger partial charge in [-0.05, 0) is 42.3 Å². The fourth-order valence-electron chi connectivity index (χ4n) is 2.53. The summed E-state index contributed by atoms with van der Waals surface area (Å²) >= 11 is 0. The third-order valence-electron chi connectivity index (χ3n) is 3.92. The number of amides is 1. The minimum Gasteiger partial charge on any atom is -0.352 e. The predicted octanol–water partition coefficient (Wildman–Crippen LogP) is 3.32. The van der Waals surface area contributed by atoms with E-state index in [1.165, 1.54) is 6.07 Å². The first-order valence-corrected chi connectivity index (χ1v) is 8.81. The maximum Gasteiger partial charge on any atom is 0.416 e. The van der Waals surface area contributed by atoms with E-state index in [4.69, 9.17) is 0 Å². The second-order valence-corrected chi connectivity index (χ2v) is 6.04. The number of hydrogen-bond donors (Lipinski definition) is 3. The Labute approximate surface area is 162 Å². The molecule has 0 saturated heterocycles. The molecule has 0 heterocycles. The largest absolute Gasteiger partial charge is 0.416 e. The van der Waals surface area contributed by atoms with Gasteiger partial charge in [0.15, 0.2) is 5.96 Å². The average molecular weight is 392 g/mol. The summed E-state index contributed by atoms with van der Waals surface area (Å²) in [6.07, 6.45) is -4.37. The fraction of sp³-hybridized carbons (Fsp3) is 0.300. The molecule has 3 N–H and O–H groups in total. The predicted molar refractivity (Wildman–Crippen MR) is 103 cm³/mol. The first kappa shape index (κ1) is 21.3. The van der Waals surface area contributed by atoms with Crippen LogP contribution in [0.15, 0.2) is 53.5 Å². The van der Waals surface area contributed by atoms with E-state index in [-0.39, 0.29) is 12.5 Å². The zero-order valence-corrected chi connectivity index (χ0v) is 15.7. The van der Waals surface area contributed by atoms with E-state index >= 15 is 0 Å². The van der Waals surface area contributed by atoms with Crippen LogP contribution in [0.5, 0.6) is 0 Å². The van der Waals surface area contributed by atoms with Crippen LogP contribution in [0, 0.1) is 0 Å². The number of halogens is 3. The molecule has 8 heteroatoms. The Balaban J connectivity index is 1.94. The molecule has 0 aliphatic carbocycles. The van der Waals surface area contributed by atoms with Gasteiger partial charge in [-0.3, -0.25) is 9.79 Å². The Morgan fingerprint density at radius 3 is 2.14 bits per heavy atom. The molecule has 0 saturated carbocycles. The van der Waals surface area contributed by atoms with Crippen molar-refractivity contribution in [3.63, 3.8) is 0 Å². The molecule has 28 heavy (non-hydrogen) atoms. The Kier molecular flexibility index (Phi) is 7.43. The van der Waals surface area contributed by atoms with Crippen LogP contribution in [0.1, 0.15) is 34.0 Å². The lowest BCUT2D eigenvalue weighted by atomic mass is 10.1. The van der Waals surface area contributed by atoms with Crippen molar-refractivity contribution in [1.82, 2.24) is 16.0 Å². The molecule has 1 amide bonds. The molecule has 0 aliphatic heterocycles. The number of nitrogens with zero attached hydrogens (tertiary/aromatic N) is 1. The Bertz CT molecular complexity index is 834. The van der Waals surface area contributed by atoms with Gasteiger partial charge in [0.1, 0.15) is 0 Å². The number of carbonyl (C=O) groups excluding carboxylic acids is 1. The zero-order valence-electron chi connectivity index (χ0n) is 15.7. The molecule has 0 unspecified atom stereocenters. The van der Waals surface area contributed by atoms with Crippen LogP contribution in [0.3, 0.4) is 0 Å². The van der Waals surface area contributed by atoms with Gasteiger partial charge >= 0.3 is 6.18 Å². The van der Waals surface area contributed by atoms with Crippen molar-refractivity contribution in [3.05, 3.63) is 70.8 Å². The highest BCUT2D eigenvalue weighted by atomic mass is 19.4. The van der Waals surface area contributed by atoms with Crippen molar-refractivity contribution in [2.24, 2.45) is 4.99 Å². The third-order valence-corrected chi connectivity index (χ3v) is 3.92. The Morgan fingerprint density at radius 2 is 1.57 bits per heavy atom. The number of hydrogen-bond acceptors (Lipinski definition) is 2. The summed E-state index contributed by atoms with van der Waals surface area (Å²) in [6.45, 7) is 3.01. The van der Waals surface area contributed by atoms with Crippen molar-refractivity contribution in [2.45, 2.75) is 26.2 Å². The van der Waals surface area contributed by atoms with Crippen molar-refractivity contribution in [3.8, 4) is 0 Å². The van der Waals surface area contributed by atoms with E-state index in [1.54, 1.807) is 31.3 Å². The summed E-state index contributed by atoms with van der Waals surface area (Å²) in [5.74, 6) is 0.303. The topological polar surface area (TPSA) is 65.5 Å². The van der Waals surface area contributed by atoms with E-state index in [1.807, 2.05) is 13.0 Å². The van der Waals surface area contributed by atoms with Gasteiger partial charge in [0, 0.05) is 32.2 Å². The van der Waals surface area contributed by atoms with Crippen LogP contribution < -0.4 is 16.0 Å². The monoisotopic (exact) mass is 392 g/mol. The van der Waals surface area contributed by atoms with Gasteiger partial charge in [-0.2, -0.15) is 13.2 Å². The minimum atomic E-state index is -4.37. The number of guanidine groups is 1. The summed E-state index contributed by atoms with van der Waals surface area (Å²) in [6, 6.07) is 12.3. The van der Waals surface area contributed by atoms with Gasteiger partial charge in [-0.1, -0.05) is 24.3 Å². The molecule has 0 radical (unpaired) electrons. The normalized spacial score (nSPS) is 11.8. The summed E-state index contributed by atoms with van der Waals surface area (Å²) < 4.78 is 38.4. The second-order valence-electron chi connectivity index (χ2n) is 6.04. The second kappa shape index (κ2) is 9.77. The van der Waals surface area contributed by atoms with Gasteiger partial charge in [0.25, 0.3) is 5.91 Å². The molecular weight excluding hydrogens is 369 g/mol. The van der Waals surface area contributed by atoms with E-state index in [0.717, 1.165) is 17.7 Å². The quantitative estimate of drug-likeness (QED) is 0.522. The first-order chi connectivity index (χ1) is 13.3. The number of carbonyl (C=O) groups is 1. The average Bonchev–Trinajstić information content (AvgIpc) is 2.68. The lowest BCUT2D eigenvalue weighted by Gasteiger charge is -2.13. The summed E-state index contributed by atoms with van der Waals surface area (Å²) in [4.78, 5) is 16.0. The maximum atomic E-state index is 12.8. The molecule has 2 aromatic rings. The SMILES string of the molecule is CCNC(=O)c1cccc(CNC(=NC)NCc2cccc(C(F)(F)F)c2)c1. The smallest absolute Gasteiger partial charge is 0.352 e. The zero-order chi connectivity index (χ0) is 20.6. The van der Waals surface area contributed by atoms with E-state index in [0.29, 0.717) is 30.2 Å². The molecule has 2 rings (SSSR count). The maximum absolute atomic E-state index is 12.8. The molecule has 0 aromatic heterocycles. The van der Waals surface area contributed by atoms with Gasteiger partial charge in [-0.25, -0.2) is 0 Å². The van der Waals surface area contributed by atoms with Gasteiger partial charge in [0.2, 0.25) is 0 Å². The minimum absolute atomic E-state index is 0.142. The molecule has 0 bridgehead atoms. The van der Waals surface area contributed by atoms with Crippen molar-refractivity contribution in [2.75, 3.05) is 13.6 Å². The number of nitrogens with one attached hydrogen (secondary N) is 3. The fourth-order valence-corrected chi connectivity index (χ4v) is 2.53. The lowest BCUT2D eigenvalue weighted by Crippen LogP contribution is -2.36. The molecule has 150 valence electrons. The molecule has 0 fully saturated rings. The van der Waals surface area contributed by atoms with Crippen LogP contribution in [0.4, 0.5) is 13.2 Å². The van der Waals surface area contributed by atoms with Crippen molar-refractivity contribution < 1.29 is 18.0 Å². The number of rotatable bonds is 6. The first-order valence-electron chi connectivity index (χ1n) is 8.81. The van der Waals surface area contributed by atoms with Gasteiger partial charge in [0.05, 0.1) is 5.56 Å². The van der Waals surface area contributed by atoms with Crippen LogP contribution in [0.2, 0.25) is 0 Å². The Morgan fingerprint density at radius 1 is 0.964 bits per heavy atom. The van der Waals surface area contributed by atoms with Crippen LogP contribution >= 0.6 is 0 Å². The van der Waals surface area contributed by atoms with Crippen molar-refractivity contribution >= 4 is 11.9 Å². The van der Waals surface area contributed by atoms with E-state index in [2.05, 4.69) is 20.9 Å². The van der Waals surface area contributed by atoms with Crippen LogP contribution in [-0.4, -0.2) is 25.5 Å². The lowest BCUT2D eigenvalue weighted by molar-refractivity contribution is -0.137. The Hall–Kier alpha value is -3.03. The standard InChI is InChI=1S/C20H23F3N4O/c1-3-25-18(28)16-8-4-6-14(10-16)12-26-19(24-2)27-13-15-7-5-9-17(11-15)20(21,22)23/h4-11H,3,12-13H2,1-2H3,(H,25,28)(H2,24,26,27). The number of benzene rings is 2. The summed E-state index contributed by atoms with van der Waals surface area (Å²) in [5.41, 5.74) is 1.26. The molecule has 0 aliphatic rings. The molecular formula is C20H23F3N4O. The van der Waals surface area contributed by atoms with E-state index in [9.17, 15) is 18.0 Å². The molecule has 0 spiro atoms. The molecule has 2 aromatic carbocycles. The molecule has 0 atom stereocenters. The highest BCUT2D eigenvalue weighted by molar-refractivity contribution is 5.94. The summed E-state index contributed by atoms with van der Waals surface area (Å²) in [5, 5.41) is 8.81. The highest BCUT2D eigenvalue weighted by Crippen LogP contribution is 2.29. The number of aliphatic imine (C=N–C) groups is 1. The summed E-state index contributed by atoms with van der Waals surface area (Å²) in [7, 11) is 1.58. The molecule has 5 nitrogen and oxygen atoms in total. The van der Waals surface area contributed by atoms with Crippen LogP contribution in [0.25, 0.3) is 0 Å². The highest BCUT2D eigenvalue weighted by Gasteiger charge is 2.30. The van der Waals surface area contributed by atoms with Crippen LogP contribution in [-0.2, 0) is 19.3 Å². The number of alkyl halides is 3. The van der Waals surface area contributed by atoms with Gasteiger partial charge < -0.3 is 16.0 Å². The third kappa shape index (κ3) is 6.29.